The van der Waals surface area contributed by atoms with Gasteiger partial charge in [-0.2, -0.15) is 10.5 Å². The van der Waals surface area contributed by atoms with Crippen LogP contribution < -0.4 is 0 Å². The summed E-state index contributed by atoms with van der Waals surface area (Å²) in [5.41, 5.74) is 10.8. The van der Waals surface area contributed by atoms with Crippen LogP contribution >= 0.6 is 0 Å². The third-order valence-corrected chi connectivity index (χ3v) is 9.87. The molecule has 3 nitrogen and oxygen atoms in total. The second-order valence-electron chi connectivity index (χ2n) is 13.7. The molecule has 0 fully saturated rings. The molecule has 2 heterocycles. The van der Waals surface area contributed by atoms with Crippen molar-refractivity contribution >= 4 is 59.6 Å². The summed E-state index contributed by atoms with van der Waals surface area (Å²) >= 11 is 0. The van der Waals surface area contributed by atoms with E-state index < -0.39 is 0 Å². The van der Waals surface area contributed by atoms with E-state index in [9.17, 15) is 10.5 Å². The standard InChI is InChI=1S/C44H29N3/c1-44(2,3)36-22-39-37-18-32-14-12-30(28-8-4-26(24-45)5-9-28)16-34(32)20-41(37)47-42-21-35-17-31(29-10-6-27(25-46)7-11-29)13-15-33(35)19-38(42)40(23-36)43(39)47/h4-23H,1-3H3. The van der Waals surface area contributed by atoms with Crippen LogP contribution in [0.1, 0.15) is 37.5 Å². The minimum Gasteiger partial charge on any atom is -0.308 e. The molecule has 2 aromatic heterocycles. The molecule has 0 radical (unpaired) electrons. The molecule has 0 atom stereocenters. The molecule has 0 spiro atoms. The normalized spacial score (nSPS) is 12.1. The van der Waals surface area contributed by atoms with E-state index in [-0.39, 0.29) is 5.41 Å². The Morgan fingerprint density at radius 1 is 0.447 bits per heavy atom. The van der Waals surface area contributed by atoms with Gasteiger partial charge < -0.3 is 4.40 Å². The van der Waals surface area contributed by atoms with E-state index in [2.05, 4.69) is 110 Å². The van der Waals surface area contributed by atoms with Gasteiger partial charge in [-0.15, -0.1) is 0 Å². The molecule has 0 saturated carbocycles. The van der Waals surface area contributed by atoms with Crippen LogP contribution in [0.15, 0.2) is 121 Å². The van der Waals surface area contributed by atoms with Gasteiger partial charge in [0.2, 0.25) is 0 Å². The van der Waals surface area contributed by atoms with Crippen molar-refractivity contribution in [3.05, 3.63) is 138 Å². The van der Waals surface area contributed by atoms with E-state index in [4.69, 9.17) is 0 Å². The maximum absolute atomic E-state index is 9.27. The number of rotatable bonds is 2. The summed E-state index contributed by atoms with van der Waals surface area (Å²) in [5.74, 6) is 0. The van der Waals surface area contributed by atoms with Crippen molar-refractivity contribution in [2.45, 2.75) is 26.2 Å². The summed E-state index contributed by atoms with van der Waals surface area (Å²) in [6, 6.07) is 47.6. The molecule has 7 aromatic carbocycles. The first kappa shape index (κ1) is 27.2. The van der Waals surface area contributed by atoms with Crippen LogP contribution in [0, 0.1) is 22.7 Å². The Bertz CT molecular complexity index is 2630. The molecule has 0 N–H and O–H groups in total. The highest BCUT2D eigenvalue weighted by atomic mass is 14.9. The predicted molar refractivity (Wildman–Crippen MR) is 195 cm³/mol. The predicted octanol–water partition coefficient (Wildman–Crippen LogP) is 11.5. The molecular formula is C44H29N3. The van der Waals surface area contributed by atoms with Crippen molar-refractivity contribution in [2.75, 3.05) is 0 Å². The van der Waals surface area contributed by atoms with E-state index in [1.165, 1.54) is 65.2 Å². The maximum Gasteiger partial charge on any atom is 0.0991 e. The quantitative estimate of drug-likeness (QED) is 0.198. The zero-order chi connectivity index (χ0) is 32.0. The average Bonchev–Trinajstić information content (AvgIpc) is 3.59. The van der Waals surface area contributed by atoms with Crippen LogP contribution in [0.4, 0.5) is 0 Å². The largest absolute Gasteiger partial charge is 0.308 e. The molecule has 47 heavy (non-hydrogen) atoms. The summed E-state index contributed by atoms with van der Waals surface area (Å²) in [7, 11) is 0. The first-order valence-electron chi connectivity index (χ1n) is 16.0. The molecule has 0 unspecified atom stereocenters. The molecule has 0 bridgehead atoms. The lowest BCUT2D eigenvalue weighted by atomic mass is 9.85. The molecule has 0 aliphatic carbocycles. The summed E-state index contributed by atoms with van der Waals surface area (Å²) < 4.78 is 2.48. The van der Waals surface area contributed by atoms with E-state index >= 15 is 0 Å². The number of fused-ring (bicyclic) bond motifs is 8. The van der Waals surface area contributed by atoms with Crippen LogP contribution in [0.2, 0.25) is 0 Å². The second-order valence-corrected chi connectivity index (χ2v) is 13.7. The lowest BCUT2D eigenvalue weighted by Gasteiger charge is -2.19. The highest BCUT2D eigenvalue weighted by molar-refractivity contribution is 6.26. The Labute approximate surface area is 272 Å². The third kappa shape index (κ3) is 4.11. The highest BCUT2D eigenvalue weighted by Crippen LogP contribution is 2.44. The van der Waals surface area contributed by atoms with Crippen LogP contribution in [0.25, 0.3) is 81.9 Å². The van der Waals surface area contributed by atoms with Gasteiger partial charge in [-0.3, -0.25) is 0 Å². The third-order valence-electron chi connectivity index (χ3n) is 9.87. The summed E-state index contributed by atoms with van der Waals surface area (Å²) in [4.78, 5) is 0. The zero-order valence-corrected chi connectivity index (χ0v) is 26.4. The van der Waals surface area contributed by atoms with E-state index in [0.29, 0.717) is 11.1 Å². The fourth-order valence-electron chi connectivity index (χ4n) is 7.30. The van der Waals surface area contributed by atoms with Crippen LogP contribution in [0.3, 0.4) is 0 Å². The number of nitriles is 2. The second kappa shape index (κ2) is 9.67. The molecule has 9 rings (SSSR count). The topological polar surface area (TPSA) is 52.0 Å². The average molecular weight is 600 g/mol. The van der Waals surface area contributed by atoms with Crippen LogP contribution in [0.5, 0.6) is 0 Å². The molecule has 0 saturated heterocycles. The van der Waals surface area contributed by atoms with Gasteiger partial charge in [0.15, 0.2) is 0 Å². The van der Waals surface area contributed by atoms with Gasteiger partial charge in [-0.25, -0.2) is 0 Å². The van der Waals surface area contributed by atoms with Gasteiger partial charge in [0, 0.05) is 21.5 Å². The number of nitrogens with zero attached hydrogens (tertiary/aromatic N) is 3. The van der Waals surface area contributed by atoms with E-state index in [1.54, 1.807) is 0 Å². The summed E-state index contributed by atoms with van der Waals surface area (Å²) in [6.45, 7) is 6.88. The maximum atomic E-state index is 9.27. The Morgan fingerprint density at radius 3 is 1.28 bits per heavy atom. The molecule has 0 aliphatic heterocycles. The van der Waals surface area contributed by atoms with Crippen LogP contribution in [-0.2, 0) is 5.41 Å². The van der Waals surface area contributed by atoms with E-state index in [1.807, 2.05) is 48.5 Å². The van der Waals surface area contributed by atoms with Gasteiger partial charge in [0.05, 0.1) is 39.8 Å². The minimum absolute atomic E-state index is 0.00154. The fourth-order valence-corrected chi connectivity index (χ4v) is 7.30. The highest BCUT2D eigenvalue weighted by Gasteiger charge is 2.23. The fraction of sp³-hybridized carbons (Fsp3) is 0.0909. The lowest BCUT2D eigenvalue weighted by molar-refractivity contribution is 0.592. The number of hydrogen-bond donors (Lipinski definition) is 0. The smallest absolute Gasteiger partial charge is 0.0991 e. The van der Waals surface area contributed by atoms with Crippen molar-refractivity contribution < 1.29 is 0 Å². The molecule has 9 aromatic rings. The van der Waals surface area contributed by atoms with Crippen molar-refractivity contribution in [3.8, 4) is 34.4 Å². The molecule has 0 aliphatic rings. The molecular weight excluding hydrogens is 571 g/mol. The van der Waals surface area contributed by atoms with Crippen molar-refractivity contribution in [1.82, 2.24) is 4.40 Å². The minimum atomic E-state index is 0.00154. The SMILES string of the molecule is CC(C)(C)c1cc2c3cc4ccc(-c5ccc(C#N)cc5)cc4cc3n3c4cc5cc(-c6ccc(C#N)cc6)ccc5cc4c(c1)c23. The van der Waals surface area contributed by atoms with Gasteiger partial charge >= 0.3 is 0 Å². The Balaban J connectivity index is 1.34. The first-order valence-corrected chi connectivity index (χ1v) is 16.0. The van der Waals surface area contributed by atoms with Crippen molar-refractivity contribution in [1.29, 1.82) is 10.5 Å². The Kier molecular flexibility index (Phi) is 5.59. The number of aromatic nitrogens is 1. The summed E-state index contributed by atoms with van der Waals surface area (Å²) in [5, 5.41) is 28.4. The van der Waals surface area contributed by atoms with Crippen LogP contribution in [-0.4, -0.2) is 4.40 Å². The van der Waals surface area contributed by atoms with Crippen molar-refractivity contribution in [3.63, 3.8) is 0 Å². The Hall–Kier alpha value is -6.16. The van der Waals surface area contributed by atoms with Gasteiger partial charge in [0.25, 0.3) is 0 Å². The van der Waals surface area contributed by atoms with Gasteiger partial charge in [0.1, 0.15) is 0 Å². The lowest BCUT2D eigenvalue weighted by Crippen LogP contribution is -2.10. The first-order chi connectivity index (χ1) is 22.8. The van der Waals surface area contributed by atoms with Gasteiger partial charge in [-0.05, 0) is 128 Å². The molecule has 0 amide bonds. The zero-order valence-electron chi connectivity index (χ0n) is 26.4. The summed E-state index contributed by atoms with van der Waals surface area (Å²) in [6.07, 6.45) is 0. The van der Waals surface area contributed by atoms with Gasteiger partial charge in [-0.1, -0.05) is 69.3 Å². The van der Waals surface area contributed by atoms with Crippen molar-refractivity contribution in [2.24, 2.45) is 0 Å². The monoisotopic (exact) mass is 599 g/mol. The number of hydrogen-bond acceptors (Lipinski definition) is 2. The number of benzene rings is 7. The molecule has 220 valence electrons. The molecule has 3 heteroatoms. The Morgan fingerprint density at radius 2 is 0.872 bits per heavy atom. The van der Waals surface area contributed by atoms with E-state index in [0.717, 1.165) is 22.3 Å².